The summed E-state index contributed by atoms with van der Waals surface area (Å²) < 4.78 is 8.23. The number of aromatic nitrogens is 1. The quantitative estimate of drug-likeness (QED) is 0.625. The summed E-state index contributed by atoms with van der Waals surface area (Å²) in [6.45, 7) is 8.93. The molecular formula is C21H27BrN2O2. The van der Waals surface area contributed by atoms with Gasteiger partial charge in [0.15, 0.2) is 0 Å². The summed E-state index contributed by atoms with van der Waals surface area (Å²) >= 11 is 3.66. The molecule has 5 heteroatoms. The third-order valence-electron chi connectivity index (χ3n) is 4.68. The first-order chi connectivity index (χ1) is 12.2. The predicted molar refractivity (Wildman–Crippen MR) is 110 cm³/mol. The van der Waals surface area contributed by atoms with Crippen LogP contribution in [0.15, 0.2) is 41.0 Å². The number of halogens is 1. The molecule has 0 aliphatic carbocycles. The van der Waals surface area contributed by atoms with Gasteiger partial charge in [-0.2, -0.15) is 0 Å². The van der Waals surface area contributed by atoms with Crippen molar-refractivity contribution in [1.29, 1.82) is 0 Å². The van der Waals surface area contributed by atoms with Gasteiger partial charge in [-0.25, -0.2) is 4.79 Å². The molecule has 0 N–H and O–H groups in total. The molecular weight excluding hydrogens is 392 g/mol. The number of carbonyl (C=O) groups is 1. The van der Waals surface area contributed by atoms with Crippen molar-refractivity contribution in [3.8, 4) is 0 Å². The van der Waals surface area contributed by atoms with E-state index in [0.29, 0.717) is 12.0 Å². The Hall–Kier alpha value is -1.59. The second-order valence-corrected chi connectivity index (χ2v) is 9.07. The zero-order valence-electron chi connectivity index (χ0n) is 16.1. The lowest BCUT2D eigenvalue weighted by Gasteiger charge is -2.31. The molecule has 1 aliphatic heterocycles. The highest BCUT2D eigenvalue weighted by Crippen LogP contribution is 2.31. The average molecular weight is 419 g/mol. The van der Waals surface area contributed by atoms with Gasteiger partial charge in [0.25, 0.3) is 0 Å². The molecule has 0 saturated carbocycles. The van der Waals surface area contributed by atoms with Gasteiger partial charge in [-0.3, -0.25) is 9.47 Å². The number of hydrogen-bond donors (Lipinski definition) is 0. The molecule has 4 nitrogen and oxygen atoms in total. The maximum absolute atomic E-state index is 12.7. The number of rotatable bonds is 2. The fourth-order valence-electron chi connectivity index (χ4n) is 3.50. The Bertz CT molecular complexity index is 848. The number of hydrogen-bond acceptors (Lipinski definition) is 3. The number of carbonyl (C=O) groups excluding carboxylic acids is 1. The van der Waals surface area contributed by atoms with Crippen molar-refractivity contribution in [2.45, 2.75) is 45.8 Å². The largest absolute Gasteiger partial charge is 0.443 e. The number of likely N-dealkylation sites (N-methyl/N-ethyl adjacent to an activating group) is 1. The van der Waals surface area contributed by atoms with E-state index in [1.54, 1.807) is 4.57 Å². The molecule has 1 aromatic carbocycles. The fraction of sp³-hybridized carbons (Fsp3) is 0.476. The molecule has 2 heterocycles. The zero-order chi connectivity index (χ0) is 19.1. The van der Waals surface area contributed by atoms with Crippen LogP contribution >= 0.6 is 15.9 Å². The molecule has 1 aliphatic rings. The SMILES string of the molecule is C[C@@H]1C=C[C@@H](Cc2cn(C(=O)OC(C)(C)C)c3cccc(Br)c23)N(C)C1. The van der Waals surface area contributed by atoms with Gasteiger partial charge >= 0.3 is 6.09 Å². The molecule has 0 amide bonds. The highest BCUT2D eigenvalue weighted by atomic mass is 79.9. The molecule has 2 aromatic rings. The van der Waals surface area contributed by atoms with Crippen molar-refractivity contribution in [2.24, 2.45) is 5.92 Å². The summed E-state index contributed by atoms with van der Waals surface area (Å²) in [5.74, 6) is 0.575. The lowest BCUT2D eigenvalue weighted by atomic mass is 9.97. The summed E-state index contributed by atoms with van der Waals surface area (Å²) in [6, 6.07) is 6.27. The summed E-state index contributed by atoms with van der Waals surface area (Å²) in [5, 5.41) is 1.08. The van der Waals surface area contributed by atoms with E-state index < -0.39 is 5.60 Å². The predicted octanol–water partition coefficient (Wildman–Crippen LogP) is 5.24. The first-order valence-electron chi connectivity index (χ1n) is 9.06. The van der Waals surface area contributed by atoms with Gasteiger partial charge in [-0.15, -0.1) is 0 Å². The van der Waals surface area contributed by atoms with Crippen molar-refractivity contribution < 1.29 is 9.53 Å². The van der Waals surface area contributed by atoms with Crippen LogP contribution in [0.3, 0.4) is 0 Å². The average Bonchev–Trinajstić information content (AvgIpc) is 2.89. The van der Waals surface area contributed by atoms with E-state index in [1.807, 2.05) is 45.2 Å². The second kappa shape index (κ2) is 7.20. The van der Waals surface area contributed by atoms with Gasteiger partial charge in [0.2, 0.25) is 0 Å². The third-order valence-corrected chi connectivity index (χ3v) is 5.34. The van der Waals surface area contributed by atoms with Gasteiger partial charge in [0, 0.05) is 28.6 Å². The van der Waals surface area contributed by atoms with Crippen LogP contribution in [-0.4, -0.2) is 40.8 Å². The van der Waals surface area contributed by atoms with Gasteiger partial charge in [0.05, 0.1) is 5.52 Å². The van der Waals surface area contributed by atoms with Crippen LogP contribution in [0.4, 0.5) is 4.79 Å². The standard InChI is InChI=1S/C21H27BrN2O2/c1-14-9-10-16(23(5)12-14)11-15-13-24(20(25)26-21(2,3)4)18-8-6-7-17(22)19(15)18/h6-10,13-14,16H,11-12H2,1-5H3/t14-,16+/m1/s1. The molecule has 0 unspecified atom stereocenters. The molecule has 140 valence electrons. The Morgan fingerprint density at radius 3 is 2.69 bits per heavy atom. The Balaban J connectivity index is 2.01. The van der Waals surface area contributed by atoms with Crippen molar-refractivity contribution in [3.05, 3.63) is 46.6 Å². The maximum atomic E-state index is 12.7. The van der Waals surface area contributed by atoms with E-state index in [-0.39, 0.29) is 6.09 Å². The van der Waals surface area contributed by atoms with Gasteiger partial charge < -0.3 is 4.74 Å². The number of ether oxygens (including phenoxy) is 1. The number of benzene rings is 1. The van der Waals surface area contributed by atoms with Gasteiger partial charge in [0.1, 0.15) is 5.60 Å². The third kappa shape index (κ3) is 4.04. The summed E-state index contributed by atoms with van der Waals surface area (Å²) in [5.41, 5.74) is 1.50. The van der Waals surface area contributed by atoms with Crippen molar-refractivity contribution in [2.75, 3.05) is 13.6 Å². The van der Waals surface area contributed by atoms with E-state index in [0.717, 1.165) is 33.9 Å². The Labute approximate surface area is 163 Å². The highest BCUT2D eigenvalue weighted by molar-refractivity contribution is 9.10. The smallest absolute Gasteiger partial charge is 0.419 e. The van der Waals surface area contributed by atoms with Crippen molar-refractivity contribution >= 4 is 32.9 Å². The Morgan fingerprint density at radius 1 is 1.31 bits per heavy atom. The topological polar surface area (TPSA) is 34.5 Å². The van der Waals surface area contributed by atoms with Crippen LogP contribution in [0.1, 0.15) is 33.3 Å². The molecule has 0 spiro atoms. The zero-order valence-corrected chi connectivity index (χ0v) is 17.7. The lowest BCUT2D eigenvalue weighted by Crippen LogP contribution is -2.37. The summed E-state index contributed by atoms with van der Waals surface area (Å²) in [7, 11) is 2.16. The molecule has 3 rings (SSSR count). The number of fused-ring (bicyclic) bond motifs is 1. The van der Waals surface area contributed by atoms with Crippen LogP contribution in [0.5, 0.6) is 0 Å². The second-order valence-electron chi connectivity index (χ2n) is 8.21. The summed E-state index contributed by atoms with van der Waals surface area (Å²) in [4.78, 5) is 15.1. The minimum Gasteiger partial charge on any atom is -0.443 e. The van der Waals surface area contributed by atoms with E-state index in [1.165, 1.54) is 0 Å². The molecule has 26 heavy (non-hydrogen) atoms. The van der Waals surface area contributed by atoms with Gasteiger partial charge in [-0.05, 0) is 57.9 Å². The van der Waals surface area contributed by atoms with Crippen LogP contribution in [0.2, 0.25) is 0 Å². The molecule has 0 saturated heterocycles. The molecule has 0 fully saturated rings. The van der Waals surface area contributed by atoms with Crippen LogP contribution in [0.25, 0.3) is 10.9 Å². The molecule has 0 bridgehead atoms. The number of nitrogens with zero attached hydrogens (tertiary/aromatic N) is 2. The lowest BCUT2D eigenvalue weighted by molar-refractivity contribution is 0.0544. The van der Waals surface area contributed by atoms with Crippen molar-refractivity contribution in [3.63, 3.8) is 0 Å². The van der Waals surface area contributed by atoms with Crippen LogP contribution < -0.4 is 0 Å². The molecule has 1 aromatic heterocycles. The van der Waals surface area contributed by atoms with Crippen LogP contribution in [0, 0.1) is 5.92 Å². The Kier molecular flexibility index (Phi) is 5.31. The fourth-order valence-corrected chi connectivity index (χ4v) is 4.11. The minimum atomic E-state index is -0.525. The van der Waals surface area contributed by atoms with Crippen molar-refractivity contribution in [1.82, 2.24) is 9.47 Å². The van der Waals surface area contributed by atoms with Gasteiger partial charge in [-0.1, -0.05) is 41.1 Å². The normalized spacial score (nSPS) is 21.3. The minimum absolute atomic E-state index is 0.330. The van der Waals surface area contributed by atoms with E-state index >= 15 is 0 Å². The van der Waals surface area contributed by atoms with E-state index in [2.05, 4.69) is 47.0 Å². The first kappa shape index (κ1) is 19.2. The molecule has 0 radical (unpaired) electrons. The monoisotopic (exact) mass is 418 g/mol. The van der Waals surface area contributed by atoms with Crippen LogP contribution in [-0.2, 0) is 11.2 Å². The van der Waals surface area contributed by atoms with E-state index in [4.69, 9.17) is 4.74 Å². The Morgan fingerprint density at radius 2 is 2.04 bits per heavy atom. The van der Waals surface area contributed by atoms with E-state index in [9.17, 15) is 4.79 Å². The maximum Gasteiger partial charge on any atom is 0.419 e. The highest BCUT2D eigenvalue weighted by Gasteiger charge is 2.24. The first-order valence-corrected chi connectivity index (χ1v) is 9.85. The molecule has 2 atom stereocenters. The summed E-state index contributed by atoms with van der Waals surface area (Å²) in [6.07, 6.45) is 7.01.